The Hall–Kier alpha value is -0.820. The molecule has 1 aromatic carbocycles. The summed E-state index contributed by atoms with van der Waals surface area (Å²) in [5, 5.41) is 12.0. The molecule has 0 saturated heterocycles. The van der Waals surface area contributed by atoms with Gasteiger partial charge in [0.25, 0.3) is 0 Å². The lowest BCUT2D eigenvalue weighted by molar-refractivity contribution is 0.284. The Kier molecular flexibility index (Phi) is 6.42. The SMILES string of the molecule is COc1cc(Br)c(C(CN)NCCO)cc1OC. The number of halogens is 1. The molecule has 0 heterocycles. The lowest BCUT2D eigenvalue weighted by Gasteiger charge is -2.20. The van der Waals surface area contributed by atoms with E-state index in [2.05, 4.69) is 21.2 Å². The molecular weight excluding hydrogens is 300 g/mol. The van der Waals surface area contributed by atoms with Crippen LogP contribution in [0, 0.1) is 0 Å². The predicted octanol–water partition coefficient (Wildman–Crippen LogP) is 1.05. The molecule has 0 amide bonds. The van der Waals surface area contributed by atoms with Gasteiger partial charge in [0, 0.05) is 23.6 Å². The van der Waals surface area contributed by atoms with E-state index in [1.54, 1.807) is 14.2 Å². The van der Waals surface area contributed by atoms with E-state index in [-0.39, 0.29) is 12.6 Å². The quantitative estimate of drug-likeness (QED) is 0.700. The molecule has 0 bridgehead atoms. The van der Waals surface area contributed by atoms with Crippen LogP contribution in [0.2, 0.25) is 0 Å². The summed E-state index contributed by atoms with van der Waals surface area (Å²) in [6.07, 6.45) is 0. The minimum atomic E-state index is -0.0497. The molecule has 0 aliphatic carbocycles. The highest BCUT2D eigenvalue weighted by atomic mass is 79.9. The van der Waals surface area contributed by atoms with Gasteiger partial charge in [-0.15, -0.1) is 0 Å². The zero-order valence-electron chi connectivity index (χ0n) is 10.6. The van der Waals surface area contributed by atoms with Gasteiger partial charge in [0.15, 0.2) is 11.5 Å². The van der Waals surface area contributed by atoms with E-state index in [4.69, 9.17) is 20.3 Å². The fourth-order valence-electron chi connectivity index (χ4n) is 1.70. The Balaban J connectivity index is 3.06. The first-order valence-electron chi connectivity index (χ1n) is 5.63. The van der Waals surface area contributed by atoms with Gasteiger partial charge in [-0.25, -0.2) is 0 Å². The molecule has 102 valence electrons. The number of nitrogens with two attached hydrogens (primary N) is 1. The van der Waals surface area contributed by atoms with Crippen LogP contribution in [0.1, 0.15) is 11.6 Å². The number of nitrogens with one attached hydrogen (secondary N) is 1. The third kappa shape index (κ3) is 3.58. The Morgan fingerprint density at radius 3 is 2.44 bits per heavy atom. The normalized spacial score (nSPS) is 12.3. The number of methoxy groups -OCH3 is 2. The third-order valence-corrected chi connectivity index (χ3v) is 3.30. The van der Waals surface area contributed by atoms with E-state index in [0.29, 0.717) is 24.6 Å². The van der Waals surface area contributed by atoms with Gasteiger partial charge in [-0.05, 0) is 17.7 Å². The van der Waals surface area contributed by atoms with E-state index in [1.165, 1.54) is 0 Å². The highest BCUT2D eigenvalue weighted by Crippen LogP contribution is 2.35. The van der Waals surface area contributed by atoms with Crippen molar-refractivity contribution in [1.82, 2.24) is 5.32 Å². The van der Waals surface area contributed by atoms with Crippen molar-refractivity contribution in [2.24, 2.45) is 5.73 Å². The molecule has 0 spiro atoms. The lowest BCUT2D eigenvalue weighted by Crippen LogP contribution is -2.30. The predicted molar refractivity (Wildman–Crippen MR) is 74.1 cm³/mol. The highest BCUT2D eigenvalue weighted by Gasteiger charge is 2.16. The molecule has 0 fully saturated rings. The smallest absolute Gasteiger partial charge is 0.161 e. The number of ether oxygens (including phenoxy) is 2. The summed E-state index contributed by atoms with van der Waals surface area (Å²) >= 11 is 3.49. The van der Waals surface area contributed by atoms with Gasteiger partial charge >= 0.3 is 0 Å². The van der Waals surface area contributed by atoms with Crippen LogP contribution in [0.5, 0.6) is 11.5 Å². The summed E-state index contributed by atoms with van der Waals surface area (Å²) in [4.78, 5) is 0. The molecule has 0 radical (unpaired) electrons. The summed E-state index contributed by atoms with van der Waals surface area (Å²) in [5.41, 5.74) is 6.72. The maximum atomic E-state index is 8.85. The van der Waals surface area contributed by atoms with Gasteiger partial charge in [0.2, 0.25) is 0 Å². The number of benzene rings is 1. The van der Waals surface area contributed by atoms with Crippen LogP contribution in [-0.2, 0) is 0 Å². The van der Waals surface area contributed by atoms with Gasteiger partial charge in [-0.3, -0.25) is 0 Å². The van der Waals surface area contributed by atoms with Crippen LogP contribution in [-0.4, -0.2) is 39.0 Å². The van der Waals surface area contributed by atoms with Crippen molar-refractivity contribution in [2.45, 2.75) is 6.04 Å². The summed E-state index contributed by atoms with van der Waals surface area (Å²) in [6.45, 7) is 0.984. The Morgan fingerprint density at radius 2 is 1.94 bits per heavy atom. The molecule has 6 heteroatoms. The monoisotopic (exact) mass is 318 g/mol. The molecule has 4 N–H and O–H groups in total. The lowest BCUT2D eigenvalue weighted by atomic mass is 10.1. The van der Waals surface area contributed by atoms with Gasteiger partial charge in [0.05, 0.1) is 20.8 Å². The molecule has 0 aliphatic rings. The van der Waals surface area contributed by atoms with E-state index in [0.717, 1.165) is 10.0 Å². The zero-order chi connectivity index (χ0) is 13.5. The van der Waals surface area contributed by atoms with E-state index in [9.17, 15) is 0 Å². The summed E-state index contributed by atoms with van der Waals surface area (Å²) in [7, 11) is 3.18. The molecule has 1 unspecified atom stereocenters. The van der Waals surface area contributed by atoms with Crippen molar-refractivity contribution in [3.63, 3.8) is 0 Å². The van der Waals surface area contributed by atoms with Crippen LogP contribution in [0.15, 0.2) is 16.6 Å². The molecular formula is C12H19BrN2O3. The van der Waals surface area contributed by atoms with Gasteiger partial charge in [-0.2, -0.15) is 0 Å². The summed E-state index contributed by atoms with van der Waals surface area (Å²) in [6, 6.07) is 3.67. The van der Waals surface area contributed by atoms with Crippen LogP contribution < -0.4 is 20.5 Å². The number of rotatable bonds is 7. The van der Waals surface area contributed by atoms with Crippen molar-refractivity contribution in [3.05, 3.63) is 22.2 Å². The Labute approximate surface area is 115 Å². The second-order valence-corrected chi connectivity index (χ2v) is 4.55. The zero-order valence-corrected chi connectivity index (χ0v) is 12.2. The average molecular weight is 319 g/mol. The minimum absolute atomic E-state index is 0.0497. The number of aliphatic hydroxyl groups excluding tert-OH is 1. The number of hydrogen-bond donors (Lipinski definition) is 3. The molecule has 0 aliphatic heterocycles. The largest absolute Gasteiger partial charge is 0.493 e. The van der Waals surface area contributed by atoms with Gasteiger partial charge in [0.1, 0.15) is 0 Å². The second-order valence-electron chi connectivity index (χ2n) is 3.69. The fraction of sp³-hybridized carbons (Fsp3) is 0.500. The molecule has 5 nitrogen and oxygen atoms in total. The maximum absolute atomic E-state index is 8.85. The fourth-order valence-corrected chi connectivity index (χ4v) is 2.29. The average Bonchev–Trinajstić information content (AvgIpc) is 2.40. The highest BCUT2D eigenvalue weighted by molar-refractivity contribution is 9.10. The van der Waals surface area contributed by atoms with E-state index in [1.807, 2.05) is 12.1 Å². The van der Waals surface area contributed by atoms with Crippen LogP contribution in [0.3, 0.4) is 0 Å². The number of hydrogen-bond acceptors (Lipinski definition) is 5. The first-order valence-corrected chi connectivity index (χ1v) is 6.43. The maximum Gasteiger partial charge on any atom is 0.161 e. The van der Waals surface area contributed by atoms with E-state index >= 15 is 0 Å². The third-order valence-electron chi connectivity index (χ3n) is 2.62. The second kappa shape index (κ2) is 7.58. The van der Waals surface area contributed by atoms with Crippen LogP contribution in [0.4, 0.5) is 0 Å². The van der Waals surface area contributed by atoms with Crippen molar-refractivity contribution in [2.75, 3.05) is 33.9 Å². The Bertz CT molecular complexity index is 388. The standard InChI is InChI=1S/C12H19BrN2O3/c1-17-11-5-8(9(13)6-12(11)18-2)10(7-14)15-3-4-16/h5-6,10,15-16H,3-4,7,14H2,1-2H3. The van der Waals surface area contributed by atoms with Crippen molar-refractivity contribution >= 4 is 15.9 Å². The van der Waals surface area contributed by atoms with Crippen LogP contribution >= 0.6 is 15.9 Å². The molecule has 1 atom stereocenters. The summed E-state index contributed by atoms with van der Waals surface area (Å²) < 4.78 is 11.4. The first kappa shape index (κ1) is 15.2. The van der Waals surface area contributed by atoms with Gasteiger partial charge < -0.3 is 25.6 Å². The molecule has 0 aromatic heterocycles. The number of aliphatic hydroxyl groups is 1. The summed E-state index contributed by atoms with van der Waals surface area (Å²) in [5.74, 6) is 1.31. The van der Waals surface area contributed by atoms with Gasteiger partial charge in [-0.1, -0.05) is 15.9 Å². The Morgan fingerprint density at radius 1 is 1.33 bits per heavy atom. The molecule has 0 saturated carbocycles. The van der Waals surface area contributed by atoms with Crippen molar-refractivity contribution in [1.29, 1.82) is 0 Å². The topological polar surface area (TPSA) is 76.7 Å². The first-order chi connectivity index (χ1) is 8.67. The molecule has 18 heavy (non-hydrogen) atoms. The van der Waals surface area contributed by atoms with E-state index < -0.39 is 0 Å². The molecule has 1 aromatic rings. The van der Waals surface area contributed by atoms with Crippen molar-refractivity contribution in [3.8, 4) is 11.5 Å². The molecule has 1 rings (SSSR count). The van der Waals surface area contributed by atoms with Crippen LogP contribution in [0.25, 0.3) is 0 Å². The minimum Gasteiger partial charge on any atom is -0.493 e. The van der Waals surface area contributed by atoms with Crippen molar-refractivity contribution < 1.29 is 14.6 Å².